The van der Waals surface area contributed by atoms with Crippen molar-refractivity contribution in [3.05, 3.63) is 114 Å². The Balaban J connectivity index is 1.60. The van der Waals surface area contributed by atoms with Gasteiger partial charge in [0.1, 0.15) is 19.0 Å². The summed E-state index contributed by atoms with van der Waals surface area (Å²) in [6.45, 7) is 6.75. The maximum atomic E-state index is 12.1. The minimum Gasteiger partial charge on any atom is -0.489 e. The maximum absolute atomic E-state index is 12.1. The number of esters is 1. The predicted molar refractivity (Wildman–Crippen MR) is 124 cm³/mol. The molecule has 0 saturated heterocycles. The minimum absolute atomic E-state index is 0.178. The third kappa shape index (κ3) is 6.10. The van der Waals surface area contributed by atoms with E-state index >= 15 is 0 Å². The number of hydrogen-bond donors (Lipinski definition) is 0. The van der Waals surface area contributed by atoms with Gasteiger partial charge in [-0.2, -0.15) is 0 Å². The second-order valence-electron chi connectivity index (χ2n) is 7.05. The number of carbonyl (C=O) groups is 1. The fraction of sp³-hybridized carbons (Fsp3) is 0.143. The van der Waals surface area contributed by atoms with Crippen molar-refractivity contribution in [3.8, 4) is 18.1 Å². The first-order valence-corrected chi connectivity index (χ1v) is 10.1. The molecule has 0 fully saturated rings. The highest BCUT2D eigenvalue weighted by molar-refractivity contribution is 5.89. The van der Waals surface area contributed by atoms with Crippen molar-refractivity contribution in [2.45, 2.75) is 26.6 Å². The first kappa shape index (κ1) is 21.9. The zero-order chi connectivity index (χ0) is 22.1. The van der Waals surface area contributed by atoms with Crippen LogP contribution in [0.15, 0.2) is 78.9 Å². The van der Waals surface area contributed by atoms with Gasteiger partial charge in [-0.3, -0.25) is 0 Å². The molecule has 0 saturated carbocycles. The summed E-state index contributed by atoms with van der Waals surface area (Å²) in [5.74, 6) is 3.02. The molecule has 0 N–H and O–H groups in total. The molecule has 0 aliphatic heterocycles. The Morgan fingerprint density at radius 2 is 1.77 bits per heavy atom. The van der Waals surface area contributed by atoms with Crippen LogP contribution in [0.2, 0.25) is 0 Å². The molecule has 3 aromatic carbocycles. The van der Waals surface area contributed by atoms with Gasteiger partial charge >= 0.3 is 5.97 Å². The maximum Gasteiger partial charge on any atom is 0.338 e. The molecular formula is C28H25O3. The lowest BCUT2D eigenvalue weighted by Gasteiger charge is -2.12. The summed E-state index contributed by atoms with van der Waals surface area (Å²) < 4.78 is 11.4. The highest BCUT2D eigenvalue weighted by Crippen LogP contribution is 2.23. The van der Waals surface area contributed by atoms with Crippen molar-refractivity contribution < 1.29 is 14.3 Å². The first-order chi connectivity index (χ1) is 15.1. The molecule has 0 bridgehead atoms. The monoisotopic (exact) mass is 409 g/mol. The smallest absolute Gasteiger partial charge is 0.338 e. The van der Waals surface area contributed by atoms with E-state index in [1.165, 1.54) is 0 Å². The highest BCUT2D eigenvalue weighted by Gasteiger charge is 2.08. The van der Waals surface area contributed by atoms with Crippen molar-refractivity contribution in [2.75, 3.05) is 0 Å². The van der Waals surface area contributed by atoms with Crippen LogP contribution >= 0.6 is 0 Å². The summed E-state index contributed by atoms with van der Waals surface area (Å²) in [5.41, 5.74) is 5.35. The van der Waals surface area contributed by atoms with E-state index < -0.39 is 0 Å². The van der Waals surface area contributed by atoms with Crippen LogP contribution in [0, 0.1) is 19.3 Å². The van der Waals surface area contributed by atoms with E-state index in [0.29, 0.717) is 12.2 Å². The van der Waals surface area contributed by atoms with E-state index in [4.69, 9.17) is 15.9 Å². The lowest BCUT2D eigenvalue weighted by Crippen LogP contribution is -2.06. The summed E-state index contributed by atoms with van der Waals surface area (Å²) in [4.78, 5) is 12.1. The summed E-state index contributed by atoms with van der Waals surface area (Å²) >= 11 is 0. The second-order valence-corrected chi connectivity index (χ2v) is 7.05. The van der Waals surface area contributed by atoms with Crippen LogP contribution in [-0.2, 0) is 18.0 Å². The fourth-order valence-corrected chi connectivity index (χ4v) is 3.15. The molecule has 155 valence electrons. The Labute approximate surface area is 184 Å². The Bertz CT molecular complexity index is 1100. The van der Waals surface area contributed by atoms with Gasteiger partial charge in [-0.15, -0.1) is 6.42 Å². The van der Waals surface area contributed by atoms with Gasteiger partial charge in [0.15, 0.2) is 0 Å². The van der Waals surface area contributed by atoms with E-state index in [0.717, 1.165) is 40.0 Å². The molecule has 3 rings (SSSR count). The summed E-state index contributed by atoms with van der Waals surface area (Å²) in [6, 6.07) is 22.7. The molecule has 3 heteroatoms. The topological polar surface area (TPSA) is 35.5 Å². The van der Waals surface area contributed by atoms with Crippen molar-refractivity contribution in [2.24, 2.45) is 0 Å². The lowest BCUT2D eigenvalue weighted by atomic mass is 10.0. The highest BCUT2D eigenvalue weighted by atomic mass is 16.5. The van der Waals surface area contributed by atoms with E-state index in [2.05, 4.69) is 19.8 Å². The molecular weight excluding hydrogens is 384 g/mol. The Hall–Kier alpha value is -3.77. The average Bonchev–Trinajstić information content (AvgIpc) is 2.81. The summed E-state index contributed by atoms with van der Waals surface area (Å²) in [5, 5.41) is 0. The standard InChI is InChI=1S/C28H25O3/c1-4-10-23(5-2)25-13-9-14-27(18-25)30-19-22-15-16-26(21(3)17-22)20-31-28(29)24-11-7-6-8-12-24/h1,6-18H,3,5,19-20H2,2H3/b23-10+. The van der Waals surface area contributed by atoms with Crippen molar-refractivity contribution in [1.82, 2.24) is 0 Å². The van der Waals surface area contributed by atoms with Gasteiger partial charge in [-0.25, -0.2) is 4.79 Å². The van der Waals surface area contributed by atoms with Gasteiger partial charge in [0, 0.05) is 0 Å². The van der Waals surface area contributed by atoms with E-state index in [9.17, 15) is 4.79 Å². The van der Waals surface area contributed by atoms with Crippen LogP contribution in [-0.4, -0.2) is 5.97 Å². The molecule has 31 heavy (non-hydrogen) atoms. The van der Waals surface area contributed by atoms with Gasteiger partial charge in [-0.05, 0) is 71.5 Å². The number of rotatable bonds is 8. The number of terminal acetylenes is 1. The zero-order valence-electron chi connectivity index (χ0n) is 17.6. The summed E-state index contributed by atoms with van der Waals surface area (Å²) in [6.07, 6.45) is 8.06. The quantitative estimate of drug-likeness (QED) is 0.327. The third-order valence-corrected chi connectivity index (χ3v) is 4.89. The van der Waals surface area contributed by atoms with Crippen LogP contribution in [0.1, 0.15) is 46.0 Å². The fourth-order valence-electron chi connectivity index (χ4n) is 3.15. The SMILES string of the molecule is C#C/C=C(\CC)c1cccc(OCc2ccc(COC(=O)c3ccccc3)c([CH2])c2)c1. The van der Waals surface area contributed by atoms with Crippen molar-refractivity contribution >= 4 is 11.5 Å². The third-order valence-electron chi connectivity index (χ3n) is 4.89. The van der Waals surface area contributed by atoms with Crippen LogP contribution in [0.4, 0.5) is 0 Å². The van der Waals surface area contributed by atoms with Gasteiger partial charge in [-0.1, -0.05) is 61.4 Å². The molecule has 0 unspecified atom stereocenters. The molecule has 3 nitrogen and oxygen atoms in total. The number of hydrogen-bond acceptors (Lipinski definition) is 3. The van der Waals surface area contributed by atoms with E-state index in [1.54, 1.807) is 18.2 Å². The molecule has 0 aliphatic carbocycles. The van der Waals surface area contributed by atoms with Crippen LogP contribution in [0.25, 0.3) is 5.57 Å². The van der Waals surface area contributed by atoms with Gasteiger partial charge < -0.3 is 9.47 Å². The number of benzene rings is 3. The van der Waals surface area contributed by atoms with Crippen LogP contribution in [0.3, 0.4) is 0 Å². The number of carbonyl (C=O) groups excluding carboxylic acids is 1. The average molecular weight is 410 g/mol. The Morgan fingerprint density at radius 3 is 2.48 bits per heavy atom. The Morgan fingerprint density at radius 1 is 1.00 bits per heavy atom. The zero-order valence-corrected chi connectivity index (χ0v) is 17.6. The molecule has 0 atom stereocenters. The number of allylic oxidation sites excluding steroid dienone is 2. The van der Waals surface area contributed by atoms with Gasteiger partial charge in [0.25, 0.3) is 0 Å². The first-order valence-electron chi connectivity index (χ1n) is 10.1. The largest absolute Gasteiger partial charge is 0.489 e. The summed E-state index contributed by atoms with van der Waals surface area (Å²) in [7, 11) is 0. The molecule has 0 amide bonds. The Kier molecular flexibility index (Phi) is 7.67. The van der Waals surface area contributed by atoms with E-state index in [1.807, 2.05) is 60.7 Å². The lowest BCUT2D eigenvalue weighted by molar-refractivity contribution is 0.0472. The second kappa shape index (κ2) is 10.8. The van der Waals surface area contributed by atoms with Gasteiger partial charge in [0.2, 0.25) is 0 Å². The normalized spacial score (nSPS) is 10.9. The molecule has 0 aliphatic rings. The molecule has 3 aromatic rings. The van der Waals surface area contributed by atoms with Crippen LogP contribution in [0.5, 0.6) is 5.75 Å². The molecule has 0 spiro atoms. The molecule has 0 aromatic heterocycles. The van der Waals surface area contributed by atoms with Crippen molar-refractivity contribution in [1.29, 1.82) is 0 Å². The van der Waals surface area contributed by atoms with E-state index in [-0.39, 0.29) is 12.6 Å². The van der Waals surface area contributed by atoms with Crippen molar-refractivity contribution in [3.63, 3.8) is 0 Å². The van der Waals surface area contributed by atoms with Crippen LogP contribution < -0.4 is 4.74 Å². The molecule has 1 radical (unpaired) electrons. The molecule has 0 heterocycles. The minimum atomic E-state index is -0.349. The predicted octanol–water partition coefficient (Wildman–Crippen LogP) is 6.23. The van der Waals surface area contributed by atoms with Gasteiger partial charge in [0.05, 0.1) is 5.56 Å². The number of ether oxygens (including phenoxy) is 2.